The number of aryl methyl sites for hydroxylation is 2. The normalized spacial score (nSPS) is 14.1. The highest BCUT2D eigenvalue weighted by Crippen LogP contribution is 2.32. The second kappa shape index (κ2) is 8.19. The summed E-state index contributed by atoms with van der Waals surface area (Å²) < 4.78 is 43.8. The highest BCUT2D eigenvalue weighted by atomic mass is 32.2. The Morgan fingerprint density at radius 3 is 2.37 bits per heavy atom. The Balaban J connectivity index is 1.66. The van der Waals surface area contributed by atoms with Crippen LogP contribution in [-0.2, 0) is 10.0 Å². The van der Waals surface area contributed by atoms with E-state index in [0.29, 0.717) is 24.7 Å². The van der Waals surface area contributed by atoms with Crippen molar-refractivity contribution in [3.8, 4) is 17.2 Å². The Labute approximate surface area is 160 Å². The molecule has 7 heteroatoms. The van der Waals surface area contributed by atoms with E-state index in [4.69, 9.17) is 14.2 Å². The Morgan fingerprint density at radius 1 is 1.00 bits per heavy atom. The molecule has 0 fully saturated rings. The van der Waals surface area contributed by atoms with Gasteiger partial charge in [-0.2, -0.15) is 4.31 Å². The van der Waals surface area contributed by atoms with Gasteiger partial charge in [-0.1, -0.05) is 6.07 Å². The SMILES string of the molecule is Cc1cc(C)cc(OCCN(C)S(=O)(=O)c2ccc3c(c2)OCCCO3)c1. The van der Waals surface area contributed by atoms with Crippen molar-refractivity contribution < 1.29 is 22.6 Å². The Morgan fingerprint density at radius 2 is 1.67 bits per heavy atom. The number of hydrogen-bond donors (Lipinski definition) is 0. The number of rotatable bonds is 6. The lowest BCUT2D eigenvalue weighted by Crippen LogP contribution is -2.31. The van der Waals surface area contributed by atoms with Crippen LogP contribution in [-0.4, -0.2) is 46.1 Å². The molecule has 0 N–H and O–H groups in total. The van der Waals surface area contributed by atoms with Crippen molar-refractivity contribution in [3.63, 3.8) is 0 Å². The minimum atomic E-state index is -3.64. The molecule has 0 aliphatic carbocycles. The van der Waals surface area contributed by atoms with E-state index in [9.17, 15) is 8.42 Å². The molecular weight excluding hydrogens is 366 g/mol. The van der Waals surface area contributed by atoms with Crippen molar-refractivity contribution in [2.45, 2.75) is 25.2 Å². The van der Waals surface area contributed by atoms with E-state index in [2.05, 4.69) is 6.07 Å². The minimum Gasteiger partial charge on any atom is -0.492 e. The van der Waals surface area contributed by atoms with Crippen LogP contribution >= 0.6 is 0 Å². The standard InChI is InChI=1S/C20H25NO5S/c1-15-11-16(2)13-17(12-15)24-10-7-21(3)27(22,23)18-5-6-19-20(14-18)26-9-4-8-25-19/h5-6,11-14H,4,7-10H2,1-3H3. The van der Waals surface area contributed by atoms with E-state index in [1.165, 1.54) is 10.4 Å². The van der Waals surface area contributed by atoms with Gasteiger partial charge in [-0.25, -0.2) is 8.42 Å². The third kappa shape index (κ3) is 4.73. The smallest absolute Gasteiger partial charge is 0.243 e. The van der Waals surface area contributed by atoms with E-state index >= 15 is 0 Å². The number of fused-ring (bicyclic) bond motifs is 1. The number of nitrogens with zero attached hydrogens (tertiary/aromatic N) is 1. The zero-order chi connectivity index (χ0) is 19.4. The van der Waals surface area contributed by atoms with Crippen LogP contribution in [0.15, 0.2) is 41.3 Å². The van der Waals surface area contributed by atoms with Gasteiger partial charge in [-0.15, -0.1) is 0 Å². The first-order valence-electron chi connectivity index (χ1n) is 8.93. The van der Waals surface area contributed by atoms with E-state index in [1.807, 2.05) is 26.0 Å². The molecule has 0 saturated heterocycles. The molecule has 0 atom stereocenters. The maximum Gasteiger partial charge on any atom is 0.243 e. The average molecular weight is 391 g/mol. The first-order valence-corrected chi connectivity index (χ1v) is 10.4. The van der Waals surface area contributed by atoms with Crippen LogP contribution in [0.3, 0.4) is 0 Å². The number of ether oxygens (including phenoxy) is 3. The fraction of sp³-hybridized carbons (Fsp3) is 0.400. The van der Waals surface area contributed by atoms with Gasteiger partial charge in [0.25, 0.3) is 0 Å². The van der Waals surface area contributed by atoms with Gasteiger partial charge in [0.2, 0.25) is 10.0 Å². The molecular formula is C20H25NO5S. The van der Waals surface area contributed by atoms with Crippen LogP contribution in [0.2, 0.25) is 0 Å². The Hall–Kier alpha value is -2.25. The van der Waals surface area contributed by atoms with Crippen molar-refractivity contribution in [3.05, 3.63) is 47.5 Å². The summed E-state index contributed by atoms with van der Waals surface area (Å²) in [7, 11) is -2.09. The molecule has 27 heavy (non-hydrogen) atoms. The molecule has 2 aromatic carbocycles. The predicted molar refractivity (Wildman–Crippen MR) is 103 cm³/mol. The number of sulfonamides is 1. The largest absolute Gasteiger partial charge is 0.492 e. The molecule has 0 aromatic heterocycles. The molecule has 146 valence electrons. The summed E-state index contributed by atoms with van der Waals surface area (Å²) in [5.74, 6) is 1.79. The third-order valence-corrected chi connectivity index (χ3v) is 6.15. The molecule has 0 bridgehead atoms. The number of likely N-dealkylation sites (N-methyl/N-ethyl adjacent to an activating group) is 1. The van der Waals surface area contributed by atoms with Crippen molar-refractivity contribution in [2.75, 3.05) is 33.4 Å². The molecule has 1 heterocycles. The first kappa shape index (κ1) is 19.5. The summed E-state index contributed by atoms with van der Waals surface area (Å²) in [5, 5.41) is 0. The topological polar surface area (TPSA) is 65.1 Å². The minimum absolute atomic E-state index is 0.181. The maximum atomic E-state index is 12.8. The van der Waals surface area contributed by atoms with Gasteiger partial charge in [-0.3, -0.25) is 0 Å². The molecule has 2 aromatic rings. The fourth-order valence-electron chi connectivity index (χ4n) is 2.91. The highest BCUT2D eigenvalue weighted by molar-refractivity contribution is 7.89. The first-order chi connectivity index (χ1) is 12.9. The lowest BCUT2D eigenvalue weighted by Gasteiger charge is -2.18. The van der Waals surface area contributed by atoms with Gasteiger partial charge in [0.05, 0.1) is 18.1 Å². The maximum absolute atomic E-state index is 12.8. The van der Waals surface area contributed by atoms with Gasteiger partial charge in [0, 0.05) is 26.1 Å². The van der Waals surface area contributed by atoms with Crippen LogP contribution in [0.1, 0.15) is 17.5 Å². The zero-order valence-electron chi connectivity index (χ0n) is 15.9. The summed E-state index contributed by atoms with van der Waals surface area (Å²) in [6.07, 6.45) is 0.770. The van der Waals surface area contributed by atoms with Gasteiger partial charge in [-0.05, 0) is 49.2 Å². The number of hydrogen-bond acceptors (Lipinski definition) is 5. The molecule has 0 unspecified atom stereocenters. The fourth-order valence-corrected chi connectivity index (χ4v) is 4.08. The third-order valence-electron chi connectivity index (χ3n) is 4.30. The summed E-state index contributed by atoms with van der Waals surface area (Å²) >= 11 is 0. The van der Waals surface area contributed by atoms with Gasteiger partial charge < -0.3 is 14.2 Å². The Kier molecular flexibility index (Phi) is 5.92. The van der Waals surface area contributed by atoms with E-state index in [0.717, 1.165) is 23.3 Å². The van der Waals surface area contributed by atoms with E-state index < -0.39 is 10.0 Å². The van der Waals surface area contributed by atoms with Crippen molar-refractivity contribution in [2.24, 2.45) is 0 Å². The molecule has 0 spiro atoms. The molecule has 1 aliphatic rings. The van der Waals surface area contributed by atoms with Crippen LogP contribution in [0.25, 0.3) is 0 Å². The summed E-state index contributed by atoms with van der Waals surface area (Å²) in [6, 6.07) is 10.7. The molecule has 1 aliphatic heterocycles. The Bertz CT molecular complexity index is 890. The van der Waals surface area contributed by atoms with Crippen LogP contribution in [0.5, 0.6) is 17.2 Å². The molecule has 6 nitrogen and oxygen atoms in total. The van der Waals surface area contributed by atoms with E-state index in [1.54, 1.807) is 19.2 Å². The van der Waals surface area contributed by atoms with Gasteiger partial charge in [0.1, 0.15) is 12.4 Å². The van der Waals surface area contributed by atoms with Crippen LogP contribution in [0, 0.1) is 13.8 Å². The lowest BCUT2D eigenvalue weighted by atomic mass is 10.1. The quantitative estimate of drug-likeness (QED) is 0.757. The van der Waals surface area contributed by atoms with Gasteiger partial charge in [0.15, 0.2) is 11.5 Å². The second-order valence-electron chi connectivity index (χ2n) is 6.66. The monoisotopic (exact) mass is 391 g/mol. The molecule has 0 amide bonds. The summed E-state index contributed by atoms with van der Waals surface area (Å²) in [4.78, 5) is 0.181. The van der Waals surface area contributed by atoms with Gasteiger partial charge >= 0.3 is 0 Å². The molecule has 0 saturated carbocycles. The molecule has 0 radical (unpaired) electrons. The van der Waals surface area contributed by atoms with E-state index in [-0.39, 0.29) is 18.0 Å². The van der Waals surface area contributed by atoms with Crippen molar-refractivity contribution >= 4 is 10.0 Å². The van der Waals surface area contributed by atoms with Crippen molar-refractivity contribution in [1.82, 2.24) is 4.31 Å². The predicted octanol–water partition coefficient (Wildman–Crippen LogP) is 3.16. The van der Waals surface area contributed by atoms with Crippen LogP contribution in [0.4, 0.5) is 0 Å². The second-order valence-corrected chi connectivity index (χ2v) is 8.70. The highest BCUT2D eigenvalue weighted by Gasteiger charge is 2.23. The lowest BCUT2D eigenvalue weighted by molar-refractivity contribution is 0.286. The average Bonchev–Trinajstić information content (AvgIpc) is 2.85. The summed E-state index contributed by atoms with van der Waals surface area (Å²) in [5.41, 5.74) is 2.22. The molecule has 3 rings (SSSR count). The van der Waals surface area contributed by atoms with Crippen LogP contribution < -0.4 is 14.2 Å². The summed E-state index contributed by atoms with van der Waals surface area (Å²) in [6.45, 7) is 5.58. The zero-order valence-corrected chi connectivity index (χ0v) is 16.7. The number of benzene rings is 2. The van der Waals surface area contributed by atoms with Crippen molar-refractivity contribution in [1.29, 1.82) is 0 Å².